The summed E-state index contributed by atoms with van der Waals surface area (Å²) in [6.07, 6.45) is 0. The molecule has 5 heteroatoms. The molecule has 0 aliphatic rings. The van der Waals surface area contributed by atoms with E-state index < -0.39 is 0 Å². The minimum Gasteiger partial charge on any atom is -0.271 e. The molecule has 1 aromatic rings. The van der Waals surface area contributed by atoms with Crippen molar-refractivity contribution in [3.05, 3.63) is 29.6 Å². The Hall–Kier alpha value is -0.350. The van der Waals surface area contributed by atoms with Crippen molar-refractivity contribution >= 4 is 24.8 Å². The molecule has 70 valence electrons. The van der Waals surface area contributed by atoms with E-state index in [-0.39, 0.29) is 24.8 Å². The second-order valence-electron chi connectivity index (χ2n) is 2.15. The van der Waals surface area contributed by atoms with E-state index in [0.717, 1.165) is 11.4 Å². The van der Waals surface area contributed by atoms with Crippen LogP contribution in [0.5, 0.6) is 0 Å². The average Bonchev–Trinajstić information content (AvgIpc) is 1.88. The van der Waals surface area contributed by atoms with Gasteiger partial charge in [0.25, 0.3) is 0 Å². The number of hydrazine groups is 1. The molecule has 1 heterocycles. The zero-order valence-electron chi connectivity index (χ0n) is 6.78. The molecule has 0 unspecified atom stereocenters. The third kappa shape index (κ3) is 4.51. The van der Waals surface area contributed by atoms with Crippen LogP contribution < -0.4 is 11.3 Å². The van der Waals surface area contributed by atoms with Crippen LogP contribution in [-0.4, -0.2) is 4.98 Å². The number of halogens is 2. The van der Waals surface area contributed by atoms with Crippen molar-refractivity contribution in [1.82, 2.24) is 10.4 Å². The van der Waals surface area contributed by atoms with Crippen molar-refractivity contribution in [3.63, 3.8) is 0 Å². The van der Waals surface area contributed by atoms with E-state index in [0.29, 0.717) is 6.54 Å². The van der Waals surface area contributed by atoms with Crippen LogP contribution in [0.25, 0.3) is 0 Å². The standard InChI is InChI=1S/C7H11N3.2ClH/c1-6-3-2-4-7(10-6)5-9-8;;/h2-4,9H,5,8H2,1H3;2*1H. The Morgan fingerprint density at radius 2 is 2.08 bits per heavy atom. The summed E-state index contributed by atoms with van der Waals surface area (Å²) in [5.41, 5.74) is 4.54. The monoisotopic (exact) mass is 209 g/mol. The van der Waals surface area contributed by atoms with Crippen molar-refractivity contribution in [3.8, 4) is 0 Å². The van der Waals surface area contributed by atoms with Gasteiger partial charge in [0.1, 0.15) is 0 Å². The number of nitrogens with zero attached hydrogens (tertiary/aromatic N) is 1. The Morgan fingerprint density at radius 1 is 1.42 bits per heavy atom. The quantitative estimate of drug-likeness (QED) is 0.569. The topological polar surface area (TPSA) is 50.9 Å². The Morgan fingerprint density at radius 3 is 2.58 bits per heavy atom. The van der Waals surface area contributed by atoms with Gasteiger partial charge in [-0.2, -0.15) is 0 Å². The number of hydrogen-bond acceptors (Lipinski definition) is 3. The van der Waals surface area contributed by atoms with Gasteiger partial charge in [-0.1, -0.05) is 6.07 Å². The SMILES string of the molecule is Cc1cccc(CNN)n1.Cl.Cl. The first-order valence-electron chi connectivity index (χ1n) is 3.19. The maximum atomic E-state index is 5.12. The molecule has 3 N–H and O–H groups in total. The summed E-state index contributed by atoms with van der Waals surface area (Å²) in [6.45, 7) is 2.59. The Balaban J connectivity index is 0. The van der Waals surface area contributed by atoms with Gasteiger partial charge in [-0.25, -0.2) is 0 Å². The molecule has 3 nitrogen and oxygen atoms in total. The number of nitrogens with one attached hydrogen (secondary N) is 1. The van der Waals surface area contributed by atoms with E-state index >= 15 is 0 Å². The van der Waals surface area contributed by atoms with Gasteiger partial charge in [-0.15, -0.1) is 24.8 Å². The summed E-state index contributed by atoms with van der Waals surface area (Å²) in [4.78, 5) is 4.22. The summed E-state index contributed by atoms with van der Waals surface area (Å²) in [5, 5.41) is 0. The molecule has 1 aromatic heterocycles. The highest BCUT2D eigenvalue weighted by Crippen LogP contribution is 1.95. The fourth-order valence-corrected chi connectivity index (χ4v) is 0.803. The Kier molecular flexibility index (Phi) is 8.64. The summed E-state index contributed by atoms with van der Waals surface area (Å²) >= 11 is 0. The van der Waals surface area contributed by atoms with E-state index in [2.05, 4.69) is 10.4 Å². The van der Waals surface area contributed by atoms with Gasteiger partial charge in [0, 0.05) is 5.69 Å². The molecule has 0 fully saturated rings. The van der Waals surface area contributed by atoms with Crippen LogP contribution in [0.4, 0.5) is 0 Å². The summed E-state index contributed by atoms with van der Waals surface area (Å²) < 4.78 is 0. The van der Waals surface area contributed by atoms with Gasteiger partial charge < -0.3 is 0 Å². The lowest BCUT2D eigenvalue weighted by Gasteiger charge is -1.98. The van der Waals surface area contributed by atoms with Crippen molar-refractivity contribution in [2.24, 2.45) is 5.84 Å². The van der Waals surface area contributed by atoms with E-state index in [4.69, 9.17) is 5.84 Å². The smallest absolute Gasteiger partial charge is 0.0558 e. The number of hydrogen-bond donors (Lipinski definition) is 2. The lowest BCUT2D eigenvalue weighted by Crippen LogP contribution is -2.21. The van der Waals surface area contributed by atoms with Crippen molar-refractivity contribution in [1.29, 1.82) is 0 Å². The first kappa shape index (κ1) is 14.2. The molecule has 0 aliphatic heterocycles. The fourth-order valence-electron chi connectivity index (χ4n) is 0.803. The molecular formula is C7H13Cl2N3. The van der Waals surface area contributed by atoms with Crippen LogP contribution in [-0.2, 0) is 6.54 Å². The molecule has 0 saturated carbocycles. The van der Waals surface area contributed by atoms with Crippen LogP contribution in [0.3, 0.4) is 0 Å². The number of aromatic nitrogens is 1. The first-order chi connectivity index (χ1) is 4.83. The lowest BCUT2D eigenvalue weighted by atomic mass is 10.3. The predicted octanol–water partition coefficient (Wildman–Crippen LogP) is 1.20. The number of rotatable bonds is 2. The van der Waals surface area contributed by atoms with Gasteiger partial charge in [0.2, 0.25) is 0 Å². The van der Waals surface area contributed by atoms with Crippen LogP contribution in [0.15, 0.2) is 18.2 Å². The van der Waals surface area contributed by atoms with Gasteiger partial charge in [0.05, 0.1) is 12.2 Å². The highest BCUT2D eigenvalue weighted by Gasteiger charge is 1.90. The van der Waals surface area contributed by atoms with Crippen LogP contribution in [0.2, 0.25) is 0 Å². The second kappa shape index (κ2) is 7.31. The van der Waals surface area contributed by atoms with E-state index in [9.17, 15) is 0 Å². The first-order valence-corrected chi connectivity index (χ1v) is 3.19. The maximum absolute atomic E-state index is 5.12. The molecule has 12 heavy (non-hydrogen) atoms. The summed E-state index contributed by atoms with van der Waals surface area (Å²) in [7, 11) is 0. The third-order valence-electron chi connectivity index (χ3n) is 1.23. The molecule has 1 rings (SSSR count). The third-order valence-corrected chi connectivity index (χ3v) is 1.23. The summed E-state index contributed by atoms with van der Waals surface area (Å²) in [5.74, 6) is 5.12. The van der Waals surface area contributed by atoms with Crippen LogP contribution >= 0.6 is 24.8 Å². The number of aryl methyl sites for hydroxylation is 1. The second-order valence-corrected chi connectivity index (χ2v) is 2.15. The highest BCUT2D eigenvalue weighted by molar-refractivity contribution is 5.85. The van der Waals surface area contributed by atoms with Gasteiger partial charge in [-0.05, 0) is 19.1 Å². The minimum atomic E-state index is 0. The molecule has 0 atom stereocenters. The van der Waals surface area contributed by atoms with Gasteiger partial charge in [0.15, 0.2) is 0 Å². The molecule has 0 amide bonds. The zero-order chi connectivity index (χ0) is 7.40. The fraction of sp³-hybridized carbons (Fsp3) is 0.286. The van der Waals surface area contributed by atoms with Crippen LogP contribution in [0, 0.1) is 6.92 Å². The van der Waals surface area contributed by atoms with Gasteiger partial charge in [-0.3, -0.25) is 16.3 Å². The van der Waals surface area contributed by atoms with Crippen molar-refractivity contribution in [2.45, 2.75) is 13.5 Å². The molecule has 0 saturated heterocycles. The predicted molar refractivity (Wildman–Crippen MR) is 54.5 cm³/mol. The number of pyridine rings is 1. The van der Waals surface area contributed by atoms with E-state index in [1.54, 1.807) is 0 Å². The highest BCUT2D eigenvalue weighted by atomic mass is 35.5. The normalized spacial score (nSPS) is 8.17. The van der Waals surface area contributed by atoms with Crippen molar-refractivity contribution < 1.29 is 0 Å². The molecular weight excluding hydrogens is 197 g/mol. The molecule has 0 aromatic carbocycles. The Labute approximate surface area is 84.5 Å². The maximum Gasteiger partial charge on any atom is 0.0558 e. The largest absolute Gasteiger partial charge is 0.271 e. The summed E-state index contributed by atoms with van der Waals surface area (Å²) in [6, 6.07) is 5.86. The minimum absolute atomic E-state index is 0. The van der Waals surface area contributed by atoms with E-state index in [1.165, 1.54) is 0 Å². The average molecular weight is 210 g/mol. The molecule has 0 radical (unpaired) electrons. The Bertz CT molecular complexity index is 218. The number of nitrogens with two attached hydrogens (primary N) is 1. The molecule has 0 aliphatic carbocycles. The van der Waals surface area contributed by atoms with E-state index in [1.807, 2.05) is 25.1 Å². The molecule has 0 spiro atoms. The molecule has 0 bridgehead atoms. The lowest BCUT2D eigenvalue weighted by molar-refractivity contribution is 0.720. The van der Waals surface area contributed by atoms with Crippen molar-refractivity contribution in [2.75, 3.05) is 0 Å². The van der Waals surface area contributed by atoms with Crippen LogP contribution in [0.1, 0.15) is 11.4 Å². The zero-order valence-corrected chi connectivity index (χ0v) is 8.41. The van der Waals surface area contributed by atoms with Gasteiger partial charge >= 0.3 is 0 Å².